The zero-order valence-corrected chi connectivity index (χ0v) is 12.8. The number of benzene rings is 2. The van der Waals surface area contributed by atoms with Gasteiger partial charge in [0.1, 0.15) is 5.75 Å². The van der Waals surface area contributed by atoms with Crippen molar-refractivity contribution in [2.75, 3.05) is 12.4 Å². The lowest BCUT2D eigenvalue weighted by molar-refractivity contribution is -0.112. The number of carbonyl (C=O) groups is 2. The van der Waals surface area contributed by atoms with Gasteiger partial charge in [-0.1, -0.05) is 17.7 Å². The third-order valence-electron chi connectivity index (χ3n) is 3.65. The Morgan fingerprint density at radius 2 is 1.83 bits per heavy atom. The third kappa shape index (κ3) is 2.94. The number of anilines is 1. The Balaban J connectivity index is 1.87. The minimum atomic E-state index is -0.669. The number of H-pyrrole nitrogens is 1. The highest BCUT2D eigenvalue weighted by atomic mass is 16.5. The lowest BCUT2D eigenvalue weighted by atomic mass is 10.1. The summed E-state index contributed by atoms with van der Waals surface area (Å²) in [7, 11) is 1.55. The highest BCUT2D eigenvalue weighted by Crippen LogP contribution is 2.24. The van der Waals surface area contributed by atoms with Gasteiger partial charge in [0.2, 0.25) is 0 Å². The number of Topliss-reactive ketones (excluding diaryl/α,β-unsaturated/α-hetero) is 1. The molecular weight excluding hydrogens is 292 g/mol. The molecular formula is C18H16N2O3. The number of aromatic amines is 1. The van der Waals surface area contributed by atoms with Crippen LogP contribution in [0.5, 0.6) is 5.75 Å². The van der Waals surface area contributed by atoms with Gasteiger partial charge in [0.25, 0.3) is 11.7 Å². The molecule has 0 aliphatic heterocycles. The van der Waals surface area contributed by atoms with Gasteiger partial charge in [0.05, 0.1) is 12.7 Å². The van der Waals surface area contributed by atoms with E-state index >= 15 is 0 Å². The quantitative estimate of drug-likeness (QED) is 0.574. The van der Waals surface area contributed by atoms with Crippen molar-refractivity contribution in [3.8, 4) is 5.75 Å². The Morgan fingerprint density at radius 1 is 1.09 bits per heavy atom. The summed E-state index contributed by atoms with van der Waals surface area (Å²) in [5, 5.41) is 3.28. The fourth-order valence-corrected chi connectivity index (χ4v) is 2.36. The van der Waals surface area contributed by atoms with E-state index in [-0.39, 0.29) is 0 Å². The van der Waals surface area contributed by atoms with Gasteiger partial charge in [-0.05, 0) is 37.3 Å². The van der Waals surface area contributed by atoms with Crippen LogP contribution in [0.2, 0.25) is 0 Å². The van der Waals surface area contributed by atoms with Crippen molar-refractivity contribution >= 4 is 28.3 Å². The summed E-state index contributed by atoms with van der Waals surface area (Å²) in [5.74, 6) is -0.632. The molecule has 116 valence electrons. The van der Waals surface area contributed by atoms with Gasteiger partial charge in [-0.15, -0.1) is 0 Å². The molecule has 3 rings (SSSR count). The van der Waals surface area contributed by atoms with Gasteiger partial charge >= 0.3 is 0 Å². The first-order valence-corrected chi connectivity index (χ1v) is 7.16. The lowest BCUT2D eigenvalue weighted by Crippen LogP contribution is -2.22. The highest BCUT2D eigenvalue weighted by Gasteiger charge is 2.20. The number of carbonyl (C=O) groups excluding carboxylic acids is 2. The summed E-state index contributed by atoms with van der Waals surface area (Å²) in [6, 6.07) is 12.6. The van der Waals surface area contributed by atoms with Crippen molar-refractivity contribution < 1.29 is 14.3 Å². The Kier molecular flexibility index (Phi) is 3.85. The summed E-state index contributed by atoms with van der Waals surface area (Å²) >= 11 is 0. The molecule has 5 heteroatoms. The first-order valence-electron chi connectivity index (χ1n) is 7.16. The van der Waals surface area contributed by atoms with Crippen LogP contribution in [-0.4, -0.2) is 23.8 Å². The smallest absolute Gasteiger partial charge is 0.296 e. The van der Waals surface area contributed by atoms with Crippen LogP contribution >= 0.6 is 0 Å². The SMILES string of the molecule is COc1ccc2[nH]cc(C(=O)C(=O)Nc3ccc(C)cc3)c2c1. The van der Waals surface area contributed by atoms with Crippen molar-refractivity contribution in [2.24, 2.45) is 0 Å². The van der Waals surface area contributed by atoms with Gasteiger partial charge in [-0.2, -0.15) is 0 Å². The van der Waals surface area contributed by atoms with E-state index in [2.05, 4.69) is 10.3 Å². The molecule has 2 aromatic carbocycles. The summed E-state index contributed by atoms with van der Waals surface area (Å²) in [6.45, 7) is 1.95. The van der Waals surface area contributed by atoms with Crippen LogP contribution < -0.4 is 10.1 Å². The van der Waals surface area contributed by atoms with E-state index in [1.165, 1.54) is 0 Å². The molecule has 0 fully saturated rings. The van der Waals surface area contributed by atoms with E-state index in [1.807, 2.05) is 25.1 Å². The molecule has 5 nitrogen and oxygen atoms in total. The molecule has 0 spiro atoms. The summed E-state index contributed by atoms with van der Waals surface area (Å²) in [4.78, 5) is 27.6. The second kappa shape index (κ2) is 5.96. The molecule has 0 aliphatic rings. The normalized spacial score (nSPS) is 10.5. The Hall–Kier alpha value is -3.08. The predicted octanol–water partition coefficient (Wildman–Crippen LogP) is 3.31. The van der Waals surface area contributed by atoms with Crippen LogP contribution in [0, 0.1) is 6.92 Å². The van der Waals surface area contributed by atoms with Gasteiger partial charge in [0, 0.05) is 22.8 Å². The van der Waals surface area contributed by atoms with E-state index in [9.17, 15) is 9.59 Å². The lowest BCUT2D eigenvalue weighted by Gasteiger charge is -2.05. The molecule has 2 N–H and O–H groups in total. The highest BCUT2D eigenvalue weighted by molar-refractivity contribution is 6.48. The summed E-state index contributed by atoms with van der Waals surface area (Å²) in [5.41, 5.74) is 2.77. The van der Waals surface area contributed by atoms with Crippen molar-refractivity contribution in [3.63, 3.8) is 0 Å². The number of hydrogen-bond donors (Lipinski definition) is 2. The number of ether oxygens (including phenoxy) is 1. The van der Waals surface area contributed by atoms with E-state index in [1.54, 1.807) is 37.6 Å². The molecule has 0 saturated carbocycles. The van der Waals surface area contributed by atoms with E-state index in [0.29, 0.717) is 22.4 Å². The number of aryl methyl sites for hydroxylation is 1. The molecule has 1 heterocycles. The second-order valence-electron chi connectivity index (χ2n) is 5.26. The number of fused-ring (bicyclic) bond motifs is 1. The standard InChI is InChI=1S/C18H16N2O3/c1-11-3-5-12(6-4-11)20-18(22)17(21)15-10-19-16-8-7-13(23-2)9-14(15)16/h3-10,19H,1-2H3,(H,20,22). The van der Waals surface area contributed by atoms with Crippen molar-refractivity contribution in [1.29, 1.82) is 0 Å². The van der Waals surface area contributed by atoms with Crippen molar-refractivity contribution in [2.45, 2.75) is 6.92 Å². The molecule has 0 aliphatic carbocycles. The average Bonchev–Trinajstić information content (AvgIpc) is 2.99. The van der Waals surface area contributed by atoms with E-state index < -0.39 is 11.7 Å². The first kappa shape index (κ1) is 14.8. The number of methoxy groups -OCH3 is 1. The molecule has 0 bridgehead atoms. The zero-order chi connectivity index (χ0) is 16.4. The molecule has 1 aromatic heterocycles. The van der Waals surface area contributed by atoms with E-state index in [4.69, 9.17) is 4.74 Å². The summed E-state index contributed by atoms with van der Waals surface area (Å²) < 4.78 is 5.17. The average molecular weight is 308 g/mol. The molecule has 0 saturated heterocycles. The minimum Gasteiger partial charge on any atom is -0.497 e. The third-order valence-corrected chi connectivity index (χ3v) is 3.65. The maximum Gasteiger partial charge on any atom is 0.296 e. The topological polar surface area (TPSA) is 71.2 Å². The van der Waals surface area contributed by atoms with Crippen molar-refractivity contribution in [1.82, 2.24) is 4.98 Å². The van der Waals surface area contributed by atoms with Crippen LogP contribution in [0.3, 0.4) is 0 Å². The van der Waals surface area contributed by atoms with Gasteiger partial charge in [-0.3, -0.25) is 9.59 Å². The molecule has 23 heavy (non-hydrogen) atoms. The van der Waals surface area contributed by atoms with Crippen LogP contribution in [0.4, 0.5) is 5.69 Å². The number of amides is 1. The number of hydrogen-bond acceptors (Lipinski definition) is 3. The summed E-state index contributed by atoms with van der Waals surface area (Å²) in [6.07, 6.45) is 1.54. The number of rotatable bonds is 4. The van der Waals surface area contributed by atoms with E-state index in [0.717, 1.165) is 11.1 Å². The maximum absolute atomic E-state index is 12.4. The van der Waals surface area contributed by atoms with Crippen LogP contribution in [-0.2, 0) is 4.79 Å². The molecule has 0 unspecified atom stereocenters. The van der Waals surface area contributed by atoms with Gasteiger partial charge in [-0.25, -0.2) is 0 Å². The Morgan fingerprint density at radius 3 is 2.52 bits per heavy atom. The number of aromatic nitrogens is 1. The van der Waals surface area contributed by atoms with Crippen LogP contribution in [0.15, 0.2) is 48.7 Å². The monoisotopic (exact) mass is 308 g/mol. The zero-order valence-electron chi connectivity index (χ0n) is 12.8. The Labute approximate surface area is 133 Å². The van der Waals surface area contributed by atoms with Gasteiger partial charge in [0.15, 0.2) is 0 Å². The number of nitrogens with one attached hydrogen (secondary N) is 2. The molecule has 0 atom stereocenters. The largest absolute Gasteiger partial charge is 0.497 e. The maximum atomic E-state index is 12.4. The number of ketones is 1. The van der Waals surface area contributed by atoms with Crippen LogP contribution in [0.1, 0.15) is 15.9 Å². The molecule has 1 amide bonds. The first-order chi connectivity index (χ1) is 11.1. The second-order valence-corrected chi connectivity index (χ2v) is 5.26. The fourth-order valence-electron chi connectivity index (χ4n) is 2.36. The van der Waals surface area contributed by atoms with Crippen LogP contribution in [0.25, 0.3) is 10.9 Å². The molecule has 0 radical (unpaired) electrons. The molecule has 3 aromatic rings. The minimum absolute atomic E-state index is 0.323. The van der Waals surface area contributed by atoms with Gasteiger partial charge < -0.3 is 15.0 Å². The fraction of sp³-hybridized carbons (Fsp3) is 0.111. The predicted molar refractivity (Wildman–Crippen MR) is 89.0 cm³/mol. The van der Waals surface area contributed by atoms with Crippen molar-refractivity contribution in [3.05, 3.63) is 59.8 Å². The Bertz CT molecular complexity index is 879.